The van der Waals surface area contributed by atoms with Gasteiger partial charge in [-0.2, -0.15) is 0 Å². The van der Waals surface area contributed by atoms with Crippen molar-refractivity contribution in [2.24, 2.45) is 5.18 Å². The Morgan fingerprint density at radius 2 is 2.04 bits per heavy atom. The first-order valence-corrected chi connectivity index (χ1v) is 8.82. The van der Waals surface area contributed by atoms with Crippen LogP contribution in [-0.2, 0) is 20.7 Å². The zero-order chi connectivity index (χ0) is 18.8. The summed E-state index contributed by atoms with van der Waals surface area (Å²) in [5.41, 5.74) is 2.23. The molecule has 0 aliphatic carbocycles. The largest absolute Gasteiger partial charge is 0.491 e. The highest BCUT2D eigenvalue weighted by molar-refractivity contribution is 6.17. The van der Waals surface area contributed by atoms with Crippen LogP contribution >= 0.6 is 0 Å². The third-order valence-corrected chi connectivity index (χ3v) is 4.81. The van der Waals surface area contributed by atoms with Crippen molar-refractivity contribution in [2.75, 3.05) is 13.2 Å². The van der Waals surface area contributed by atoms with Crippen molar-refractivity contribution < 1.29 is 19.1 Å². The molecule has 2 aliphatic heterocycles. The summed E-state index contributed by atoms with van der Waals surface area (Å²) >= 11 is 0. The Morgan fingerprint density at radius 3 is 2.69 bits per heavy atom. The van der Waals surface area contributed by atoms with Crippen LogP contribution in [0.2, 0.25) is 0 Å². The van der Waals surface area contributed by atoms with E-state index in [9.17, 15) is 14.5 Å². The number of nitroso groups, excluding NO2 is 1. The van der Waals surface area contributed by atoms with Crippen LogP contribution in [0.4, 0.5) is 5.69 Å². The lowest BCUT2D eigenvalue weighted by molar-refractivity contribution is -0.140. The van der Waals surface area contributed by atoms with E-state index in [-0.39, 0.29) is 42.2 Å². The first kappa shape index (κ1) is 18.1. The number of rotatable bonds is 5. The van der Waals surface area contributed by atoms with Crippen LogP contribution in [0, 0.1) is 4.91 Å². The third-order valence-electron chi connectivity index (χ3n) is 4.81. The van der Waals surface area contributed by atoms with Crippen LogP contribution in [0.3, 0.4) is 0 Å². The molecule has 2 heterocycles. The highest BCUT2D eigenvalue weighted by Crippen LogP contribution is 2.43. The topological polar surface area (TPSA) is 85.3 Å². The van der Waals surface area contributed by atoms with Crippen molar-refractivity contribution in [3.63, 3.8) is 0 Å². The summed E-state index contributed by atoms with van der Waals surface area (Å²) < 4.78 is 10.5. The van der Waals surface area contributed by atoms with Gasteiger partial charge >= 0.3 is 5.97 Å². The van der Waals surface area contributed by atoms with Crippen LogP contribution in [0.25, 0.3) is 0 Å². The maximum atomic E-state index is 12.5. The number of fused-ring (bicyclic) bond motifs is 3. The van der Waals surface area contributed by atoms with E-state index in [1.54, 1.807) is 19.2 Å². The summed E-state index contributed by atoms with van der Waals surface area (Å²) in [4.78, 5) is 37.8. The summed E-state index contributed by atoms with van der Waals surface area (Å²) in [7, 11) is 0. The van der Waals surface area contributed by atoms with E-state index in [0.717, 1.165) is 11.1 Å². The van der Waals surface area contributed by atoms with Gasteiger partial charge in [-0.3, -0.25) is 4.79 Å². The average Bonchev–Trinajstić information content (AvgIpc) is 2.61. The summed E-state index contributed by atoms with van der Waals surface area (Å²) in [5.74, 6) is -0.373. The van der Waals surface area contributed by atoms with E-state index in [1.807, 2.05) is 24.8 Å². The molecule has 138 valence electrons. The van der Waals surface area contributed by atoms with Gasteiger partial charge in [-0.25, -0.2) is 4.79 Å². The number of benzene rings is 1. The van der Waals surface area contributed by atoms with Gasteiger partial charge in [-0.15, -0.1) is 4.91 Å². The molecule has 1 aromatic carbocycles. The molecule has 0 aromatic heterocycles. The van der Waals surface area contributed by atoms with Gasteiger partial charge in [0.05, 0.1) is 19.3 Å². The number of esters is 1. The molecule has 3 rings (SSSR count). The number of Topliss-reactive ketones (excluding diaryl/α,β-unsaturated/α-hetero) is 1. The smallest absolute Gasteiger partial charge is 0.343 e. The molecule has 0 saturated carbocycles. The Labute approximate surface area is 151 Å². The van der Waals surface area contributed by atoms with Crippen LogP contribution in [0.15, 0.2) is 29.1 Å². The molecular weight excluding hydrogens is 336 g/mol. The van der Waals surface area contributed by atoms with Crippen molar-refractivity contribution in [3.05, 3.63) is 39.9 Å². The van der Waals surface area contributed by atoms with E-state index in [0.29, 0.717) is 18.8 Å². The van der Waals surface area contributed by atoms with Crippen LogP contribution in [-0.4, -0.2) is 35.9 Å². The van der Waals surface area contributed by atoms with Crippen molar-refractivity contribution in [3.8, 4) is 5.75 Å². The Hall–Kier alpha value is -2.70. The van der Waals surface area contributed by atoms with Crippen molar-refractivity contribution in [1.29, 1.82) is 0 Å². The van der Waals surface area contributed by atoms with Crippen LogP contribution < -0.4 is 4.74 Å². The third kappa shape index (κ3) is 3.09. The van der Waals surface area contributed by atoms with Crippen LogP contribution in [0.5, 0.6) is 5.75 Å². The number of hydrogen-bond donors (Lipinski definition) is 0. The van der Waals surface area contributed by atoms with Gasteiger partial charge in [0.1, 0.15) is 17.0 Å². The molecule has 0 bridgehead atoms. The highest BCUT2D eigenvalue weighted by Gasteiger charge is 2.39. The minimum Gasteiger partial charge on any atom is -0.491 e. The predicted octanol–water partition coefficient (Wildman–Crippen LogP) is 3.19. The highest BCUT2D eigenvalue weighted by atomic mass is 16.5. The SMILES string of the molecule is CCOC(=O)C1=CN2C(C)Cc3cc(OCC)c(N=O)cc3C2CC1=O. The molecule has 7 heteroatoms. The van der Waals surface area contributed by atoms with Gasteiger partial charge in [0.25, 0.3) is 0 Å². The zero-order valence-corrected chi connectivity index (χ0v) is 15.2. The molecular formula is C19H22N2O5. The lowest BCUT2D eigenvalue weighted by atomic mass is 9.83. The monoisotopic (exact) mass is 358 g/mol. The molecule has 1 aromatic rings. The first-order chi connectivity index (χ1) is 12.5. The first-order valence-electron chi connectivity index (χ1n) is 8.82. The van der Waals surface area contributed by atoms with Crippen LogP contribution in [0.1, 0.15) is 44.4 Å². The van der Waals surface area contributed by atoms with E-state index < -0.39 is 5.97 Å². The molecule has 2 atom stereocenters. The van der Waals surface area contributed by atoms with Gasteiger partial charge in [0.15, 0.2) is 5.78 Å². The van der Waals surface area contributed by atoms with Crippen molar-refractivity contribution in [1.82, 2.24) is 4.90 Å². The molecule has 2 unspecified atom stereocenters. The van der Waals surface area contributed by atoms with E-state index in [1.165, 1.54) is 0 Å². The number of ether oxygens (including phenoxy) is 2. The zero-order valence-electron chi connectivity index (χ0n) is 15.2. The fourth-order valence-corrected chi connectivity index (χ4v) is 3.66. The Bertz CT molecular complexity index is 786. The fraction of sp³-hybridized carbons (Fsp3) is 0.474. The van der Waals surface area contributed by atoms with E-state index in [4.69, 9.17) is 9.47 Å². The number of hydrogen-bond acceptors (Lipinski definition) is 7. The van der Waals surface area contributed by atoms with Gasteiger partial charge in [0.2, 0.25) is 0 Å². The molecule has 7 nitrogen and oxygen atoms in total. The second-order valence-electron chi connectivity index (χ2n) is 6.45. The minimum absolute atomic E-state index is 0.0815. The Kier molecular flexibility index (Phi) is 5.06. The predicted molar refractivity (Wildman–Crippen MR) is 95.2 cm³/mol. The summed E-state index contributed by atoms with van der Waals surface area (Å²) in [6.45, 7) is 6.26. The molecule has 0 spiro atoms. The summed E-state index contributed by atoms with van der Waals surface area (Å²) in [6.07, 6.45) is 2.48. The number of nitrogens with zero attached hydrogens (tertiary/aromatic N) is 2. The number of ketones is 1. The fourth-order valence-electron chi connectivity index (χ4n) is 3.66. The number of carbonyl (C=O) groups excluding carboxylic acids is 2. The molecule has 0 fully saturated rings. The van der Waals surface area contributed by atoms with Gasteiger partial charge in [-0.05, 0) is 55.6 Å². The molecule has 26 heavy (non-hydrogen) atoms. The standard InChI is InChI=1S/C19H22N2O5/c1-4-25-18-7-12-6-11(3)21-10-14(19(23)26-5-2)17(22)9-16(21)13(12)8-15(18)20-24/h7-8,10-11,16H,4-6,9H2,1-3H3. The molecule has 2 aliphatic rings. The quantitative estimate of drug-likeness (QED) is 0.456. The second-order valence-corrected chi connectivity index (χ2v) is 6.45. The molecule has 0 amide bonds. The van der Waals surface area contributed by atoms with Gasteiger partial charge in [0, 0.05) is 18.7 Å². The van der Waals surface area contributed by atoms with Gasteiger partial charge in [-0.1, -0.05) is 0 Å². The molecule has 0 N–H and O–H groups in total. The lowest BCUT2D eigenvalue weighted by Crippen LogP contribution is -2.43. The lowest BCUT2D eigenvalue weighted by Gasteiger charge is -2.43. The Balaban J connectivity index is 2.03. The minimum atomic E-state index is -0.587. The summed E-state index contributed by atoms with van der Waals surface area (Å²) in [5, 5.41) is 3.07. The second kappa shape index (κ2) is 7.27. The van der Waals surface area contributed by atoms with Crippen molar-refractivity contribution >= 4 is 17.4 Å². The summed E-state index contributed by atoms with van der Waals surface area (Å²) in [6, 6.07) is 3.41. The maximum Gasteiger partial charge on any atom is 0.343 e. The van der Waals surface area contributed by atoms with Gasteiger partial charge < -0.3 is 14.4 Å². The van der Waals surface area contributed by atoms with E-state index in [2.05, 4.69) is 5.18 Å². The van der Waals surface area contributed by atoms with E-state index >= 15 is 0 Å². The van der Waals surface area contributed by atoms with Crippen molar-refractivity contribution in [2.45, 2.75) is 45.7 Å². The normalized spacial score (nSPS) is 21.4. The number of carbonyl (C=O) groups is 2. The molecule has 0 saturated heterocycles. The molecule has 0 radical (unpaired) electrons. The average molecular weight is 358 g/mol. The Morgan fingerprint density at radius 1 is 1.27 bits per heavy atom. The maximum absolute atomic E-state index is 12.5.